The first-order valence-electron chi connectivity index (χ1n) is 8.16. The number of anilines is 1. The second-order valence-electron chi connectivity index (χ2n) is 5.89. The van der Waals surface area contributed by atoms with Crippen molar-refractivity contribution < 1.29 is 9.32 Å². The van der Waals surface area contributed by atoms with Gasteiger partial charge in [-0.15, -0.1) is 11.3 Å². The number of rotatable bonds is 4. The topological polar surface area (TPSA) is 68.0 Å². The number of hydrogen-bond donors (Lipinski definition) is 1. The van der Waals surface area contributed by atoms with Crippen molar-refractivity contribution in [2.45, 2.75) is 6.92 Å². The number of benzene rings is 2. The van der Waals surface area contributed by atoms with E-state index in [4.69, 9.17) is 4.52 Å². The third-order valence-electron chi connectivity index (χ3n) is 3.96. The molecule has 0 aliphatic carbocycles. The summed E-state index contributed by atoms with van der Waals surface area (Å²) >= 11 is 4.83. The van der Waals surface area contributed by atoms with Crippen LogP contribution in [0.15, 0.2) is 69.0 Å². The van der Waals surface area contributed by atoms with Gasteiger partial charge in [0.2, 0.25) is 5.82 Å². The molecular weight excluding hydrogens is 426 g/mol. The molecule has 0 fully saturated rings. The molecule has 0 saturated heterocycles. The van der Waals surface area contributed by atoms with E-state index >= 15 is 0 Å². The zero-order valence-corrected chi connectivity index (χ0v) is 16.7. The molecule has 0 unspecified atom stereocenters. The van der Waals surface area contributed by atoms with E-state index in [9.17, 15) is 4.79 Å². The number of nitrogens with zero attached hydrogens (tertiary/aromatic N) is 2. The highest BCUT2D eigenvalue weighted by atomic mass is 79.9. The number of nitrogens with one attached hydrogen (secondary N) is 1. The first kappa shape index (κ1) is 17.6. The van der Waals surface area contributed by atoms with Crippen molar-refractivity contribution in [3.8, 4) is 22.2 Å². The van der Waals surface area contributed by atoms with Crippen molar-refractivity contribution in [1.82, 2.24) is 10.1 Å². The lowest BCUT2D eigenvalue weighted by atomic mass is 10.1. The van der Waals surface area contributed by atoms with Crippen LogP contribution in [0.4, 0.5) is 5.69 Å². The van der Waals surface area contributed by atoms with Gasteiger partial charge in [0.1, 0.15) is 4.88 Å². The van der Waals surface area contributed by atoms with Crippen molar-refractivity contribution in [3.05, 3.63) is 75.6 Å². The van der Waals surface area contributed by atoms with E-state index in [1.165, 1.54) is 11.3 Å². The highest BCUT2D eigenvalue weighted by molar-refractivity contribution is 9.10. The molecule has 4 aromatic rings. The molecule has 27 heavy (non-hydrogen) atoms. The van der Waals surface area contributed by atoms with Crippen molar-refractivity contribution in [3.63, 3.8) is 0 Å². The maximum Gasteiger partial charge on any atom is 0.270 e. The SMILES string of the molecule is Cc1ccc(-c2noc(-c3sccc3NC(=O)c3ccccc3Br)n2)cc1. The fraction of sp³-hybridized carbons (Fsp3) is 0.0500. The molecule has 0 radical (unpaired) electrons. The summed E-state index contributed by atoms with van der Waals surface area (Å²) in [7, 11) is 0. The summed E-state index contributed by atoms with van der Waals surface area (Å²) in [4.78, 5) is 17.8. The minimum absolute atomic E-state index is 0.208. The maximum atomic E-state index is 12.6. The monoisotopic (exact) mass is 439 g/mol. The van der Waals surface area contributed by atoms with Crippen LogP contribution in [0.2, 0.25) is 0 Å². The number of aromatic nitrogens is 2. The lowest BCUT2D eigenvalue weighted by molar-refractivity contribution is 0.102. The number of hydrogen-bond acceptors (Lipinski definition) is 5. The molecule has 1 N–H and O–H groups in total. The van der Waals surface area contributed by atoms with Crippen LogP contribution in [0.25, 0.3) is 22.2 Å². The van der Waals surface area contributed by atoms with Crippen LogP contribution in [0.1, 0.15) is 15.9 Å². The molecule has 2 heterocycles. The van der Waals surface area contributed by atoms with Crippen LogP contribution in [0, 0.1) is 6.92 Å². The van der Waals surface area contributed by atoms with Gasteiger partial charge in [0.05, 0.1) is 11.3 Å². The van der Waals surface area contributed by atoms with E-state index < -0.39 is 0 Å². The van der Waals surface area contributed by atoms with Crippen LogP contribution < -0.4 is 5.32 Å². The average Bonchev–Trinajstić information content (AvgIpc) is 3.32. The lowest BCUT2D eigenvalue weighted by Crippen LogP contribution is -2.12. The normalized spacial score (nSPS) is 10.7. The van der Waals surface area contributed by atoms with Gasteiger partial charge in [-0.2, -0.15) is 4.98 Å². The van der Waals surface area contributed by atoms with Crippen molar-refractivity contribution in [1.29, 1.82) is 0 Å². The Morgan fingerprint density at radius 1 is 1.11 bits per heavy atom. The lowest BCUT2D eigenvalue weighted by Gasteiger charge is -2.06. The minimum atomic E-state index is -0.208. The fourth-order valence-electron chi connectivity index (χ4n) is 2.54. The Morgan fingerprint density at radius 3 is 2.67 bits per heavy atom. The number of thiophene rings is 1. The van der Waals surface area contributed by atoms with Crippen LogP contribution in [-0.2, 0) is 0 Å². The van der Waals surface area contributed by atoms with Gasteiger partial charge in [-0.3, -0.25) is 4.79 Å². The fourth-order valence-corrected chi connectivity index (χ4v) is 3.78. The van der Waals surface area contributed by atoms with Gasteiger partial charge >= 0.3 is 0 Å². The molecule has 7 heteroatoms. The number of aryl methyl sites for hydroxylation is 1. The Kier molecular flexibility index (Phi) is 4.87. The van der Waals surface area contributed by atoms with E-state index in [0.29, 0.717) is 23.0 Å². The van der Waals surface area contributed by atoms with E-state index in [2.05, 4.69) is 31.4 Å². The molecule has 2 aromatic carbocycles. The minimum Gasteiger partial charge on any atom is -0.333 e. The molecule has 134 valence electrons. The second-order valence-corrected chi connectivity index (χ2v) is 7.66. The molecule has 4 rings (SSSR count). The Labute approximate surface area is 168 Å². The van der Waals surface area contributed by atoms with Crippen molar-refractivity contribution >= 4 is 38.9 Å². The molecule has 0 atom stereocenters. The Hall–Kier alpha value is -2.77. The first-order valence-corrected chi connectivity index (χ1v) is 9.83. The van der Waals surface area contributed by atoms with Gasteiger partial charge < -0.3 is 9.84 Å². The van der Waals surface area contributed by atoms with Gasteiger partial charge in [-0.25, -0.2) is 0 Å². The quantitative estimate of drug-likeness (QED) is 0.436. The Balaban J connectivity index is 1.60. The number of halogens is 1. The third kappa shape index (κ3) is 3.70. The van der Waals surface area contributed by atoms with Gasteiger partial charge in [0.15, 0.2) is 0 Å². The van der Waals surface area contributed by atoms with Gasteiger partial charge in [-0.1, -0.05) is 47.1 Å². The Bertz CT molecular complexity index is 1100. The molecule has 0 aliphatic heterocycles. The summed E-state index contributed by atoms with van der Waals surface area (Å²) in [5.74, 6) is 0.685. The van der Waals surface area contributed by atoms with Gasteiger partial charge in [0.25, 0.3) is 11.8 Å². The molecule has 0 saturated carbocycles. The van der Waals surface area contributed by atoms with E-state index in [0.717, 1.165) is 20.5 Å². The highest BCUT2D eigenvalue weighted by Crippen LogP contribution is 2.34. The summed E-state index contributed by atoms with van der Waals surface area (Å²) in [6.45, 7) is 2.02. The summed E-state index contributed by atoms with van der Waals surface area (Å²) < 4.78 is 6.17. The standard InChI is InChI=1S/C20H14BrN3O2S/c1-12-6-8-13(9-7-12)18-23-20(26-24-18)17-16(10-11-27-17)22-19(25)14-4-2-3-5-15(14)21/h2-11H,1H3,(H,22,25). The van der Waals surface area contributed by atoms with E-state index in [1.54, 1.807) is 6.07 Å². The maximum absolute atomic E-state index is 12.6. The number of carbonyl (C=O) groups excluding carboxylic acids is 1. The summed E-state index contributed by atoms with van der Waals surface area (Å²) in [5.41, 5.74) is 3.24. The smallest absolute Gasteiger partial charge is 0.270 e. The average molecular weight is 440 g/mol. The largest absolute Gasteiger partial charge is 0.333 e. The summed E-state index contributed by atoms with van der Waals surface area (Å²) in [6, 6.07) is 17.0. The number of carbonyl (C=O) groups is 1. The van der Waals surface area contributed by atoms with E-state index in [1.807, 2.05) is 60.8 Å². The summed E-state index contributed by atoms with van der Waals surface area (Å²) in [5, 5.41) is 8.86. The highest BCUT2D eigenvalue weighted by Gasteiger charge is 2.18. The molecular formula is C20H14BrN3O2S. The second kappa shape index (κ2) is 7.46. The zero-order chi connectivity index (χ0) is 18.8. The predicted molar refractivity (Wildman–Crippen MR) is 110 cm³/mol. The van der Waals surface area contributed by atoms with Crippen LogP contribution in [0.3, 0.4) is 0 Å². The van der Waals surface area contributed by atoms with Crippen LogP contribution in [0.5, 0.6) is 0 Å². The van der Waals surface area contributed by atoms with E-state index in [-0.39, 0.29) is 5.91 Å². The van der Waals surface area contributed by atoms with Gasteiger partial charge in [0, 0.05) is 10.0 Å². The van der Waals surface area contributed by atoms with Gasteiger partial charge in [-0.05, 0) is 46.4 Å². The molecule has 0 spiro atoms. The zero-order valence-electron chi connectivity index (χ0n) is 14.3. The molecule has 0 aliphatic rings. The molecule has 1 amide bonds. The van der Waals surface area contributed by atoms with Crippen LogP contribution >= 0.6 is 27.3 Å². The molecule has 0 bridgehead atoms. The Morgan fingerprint density at radius 2 is 1.89 bits per heavy atom. The first-order chi connectivity index (χ1) is 13.1. The predicted octanol–water partition coefficient (Wildman–Crippen LogP) is 5.79. The van der Waals surface area contributed by atoms with Crippen molar-refractivity contribution in [2.24, 2.45) is 0 Å². The van der Waals surface area contributed by atoms with Crippen molar-refractivity contribution in [2.75, 3.05) is 5.32 Å². The number of amides is 1. The molecule has 2 aromatic heterocycles. The summed E-state index contributed by atoms with van der Waals surface area (Å²) in [6.07, 6.45) is 0. The van der Waals surface area contributed by atoms with Crippen LogP contribution in [-0.4, -0.2) is 16.0 Å². The third-order valence-corrected chi connectivity index (χ3v) is 5.56. The molecule has 5 nitrogen and oxygen atoms in total.